The Morgan fingerprint density at radius 1 is 1.13 bits per heavy atom. The number of carbonyl (C=O) groups excluding carboxylic acids is 2. The van der Waals surface area contributed by atoms with Crippen molar-refractivity contribution < 1.29 is 18.8 Å². The second kappa shape index (κ2) is 9.52. The Labute approximate surface area is 180 Å². The Bertz CT molecular complexity index is 902. The molecule has 0 aliphatic carbocycles. The van der Waals surface area contributed by atoms with E-state index in [0.29, 0.717) is 48.9 Å². The molecule has 2 N–H and O–H groups in total. The van der Waals surface area contributed by atoms with Crippen molar-refractivity contribution in [3.05, 3.63) is 29.9 Å². The fraction of sp³-hybridized carbons (Fsp3) is 0.571. The van der Waals surface area contributed by atoms with Crippen LogP contribution >= 0.6 is 0 Å². The number of likely N-dealkylation sites (tertiary alicyclic amines) is 2. The van der Waals surface area contributed by atoms with E-state index in [1.807, 2.05) is 4.90 Å². The van der Waals surface area contributed by atoms with Crippen molar-refractivity contribution in [2.45, 2.75) is 44.8 Å². The molecule has 0 saturated carbocycles. The number of hydrogen-bond donors (Lipinski definition) is 1. The molecule has 2 saturated heterocycles. The minimum Gasteiger partial charge on any atom is -0.375 e. The van der Waals surface area contributed by atoms with Crippen LogP contribution < -0.4 is 5.73 Å². The van der Waals surface area contributed by atoms with Gasteiger partial charge in [-0.3, -0.25) is 9.59 Å². The maximum absolute atomic E-state index is 13.2. The van der Waals surface area contributed by atoms with Crippen LogP contribution in [0.25, 0.3) is 11.4 Å². The summed E-state index contributed by atoms with van der Waals surface area (Å²) in [4.78, 5) is 36.6. The van der Waals surface area contributed by atoms with Gasteiger partial charge in [0.2, 0.25) is 5.91 Å². The molecule has 2 aliphatic heterocycles. The van der Waals surface area contributed by atoms with Crippen LogP contribution in [0.2, 0.25) is 0 Å². The number of nitrogens with zero attached hydrogens (tertiary/aromatic N) is 5. The molecule has 2 aromatic heterocycles. The van der Waals surface area contributed by atoms with Crippen LogP contribution in [0.1, 0.15) is 41.8 Å². The SMILES string of the molecule is Cc1onc(-c2ccncn2)c1C(=O)N1CCC(OC2CCN(C(=O)CN)CC2)CC1. The van der Waals surface area contributed by atoms with Gasteiger partial charge in [0.05, 0.1) is 24.4 Å². The van der Waals surface area contributed by atoms with E-state index in [1.165, 1.54) is 6.33 Å². The van der Waals surface area contributed by atoms with Gasteiger partial charge in [0.25, 0.3) is 5.91 Å². The van der Waals surface area contributed by atoms with Gasteiger partial charge >= 0.3 is 0 Å². The molecule has 0 aromatic carbocycles. The third-order valence-electron chi connectivity index (χ3n) is 5.98. The van der Waals surface area contributed by atoms with Crippen molar-refractivity contribution in [3.8, 4) is 11.4 Å². The minimum absolute atomic E-state index is 0.00404. The first-order valence-electron chi connectivity index (χ1n) is 10.7. The standard InChI is InChI=1S/C21H28N6O4/c1-14-19(20(25-31-14)17-2-7-23-13-24-17)21(29)27-10-5-16(6-11-27)30-15-3-8-26(9-4-15)18(28)12-22/h2,7,13,15-16H,3-6,8-12,22H2,1H3. The molecule has 2 aromatic rings. The second-order valence-corrected chi connectivity index (χ2v) is 7.97. The maximum Gasteiger partial charge on any atom is 0.259 e. The largest absolute Gasteiger partial charge is 0.375 e. The first-order chi connectivity index (χ1) is 15.1. The molecule has 31 heavy (non-hydrogen) atoms. The van der Waals surface area contributed by atoms with Crippen LogP contribution in [0.5, 0.6) is 0 Å². The molecule has 10 heteroatoms. The lowest BCUT2D eigenvalue weighted by Gasteiger charge is -2.37. The van der Waals surface area contributed by atoms with Crippen molar-refractivity contribution >= 4 is 11.8 Å². The predicted molar refractivity (Wildman–Crippen MR) is 111 cm³/mol. The Kier molecular flexibility index (Phi) is 6.57. The molecule has 0 atom stereocenters. The first kappa shape index (κ1) is 21.4. The Morgan fingerprint density at radius 2 is 1.77 bits per heavy atom. The highest BCUT2D eigenvalue weighted by atomic mass is 16.5. The lowest BCUT2D eigenvalue weighted by atomic mass is 10.0. The molecule has 2 amide bonds. The summed E-state index contributed by atoms with van der Waals surface area (Å²) in [6, 6.07) is 1.71. The van der Waals surface area contributed by atoms with Gasteiger partial charge in [-0.25, -0.2) is 9.97 Å². The van der Waals surface area contributed by atoms with E-state index >= 15 is 0 Å². The summed E-state index contributed by atoms with van der Waals surface area (Å²) < 4.78 is 11.6. The number of aryl methyl sites for hydroxylation is 1. The number of carbonyl (C=O) groups is 2. The van der Waals surface area contributed by atoms with Gasteiger partial charge in [0.15, 0.2) is 0 Å². The van der Waals surface area contributed by atoms with Gasteiger partial charge in [0, 0.05) is 32.4 Å². The average Bonchev–Trinajstić information content (AvgIpc) is 3.21. The van der Waals surface area contributed by atoms with Crippen LogP contribution in [0.15, 0.2) is 23.1 Å². The van der Waals surface area contributed by atoms with Crippen LogP contribution in [-0.2, 0) is 9.53 Å². The minimum atomic E-state index is -0.0978. The third kappa shape index (κ3) is 4.75. The Balaban J connectivity index is 1.31. The highest BCUT2D eigenvalue weighted by molar-refractivity contribution is 6.00. The number of nitrogens with two attached hydrogens (primary N) is 1. The molecular formula is C21H28N6O4. The zero-order valence-corrected chi connectivity index (χ0v) is 17.7. The summed E-state index contributed by atoms with van der Waals surface area (Å²) >= 11 is 0. The number of rotatable bonds is 5. The number of piperidine rings is 2. The fourth-order valence-electron chi connectivity index (χ4n) is 4.23. The van der Waals surface area contributed by atoms with E-state index in [4.69, 9.17) is 15.0 Å². The topological polar surface area (TPSA) is 128 Å². The summed E-state index contributed by atoms with van der Waals surface area (Å²) in [5.41, 5.74) is 6.90. The lowest BCUT2D eigenvalue weighted by molar-refractivity contribution is -0.133. The number of hydrogen-bond acceptors (Lipinski definition) is 8. The van der Waals surface area contributed by atoms with Crippen LogP contribution in [0.3, 0.4) is 0 Å². The molecule has 0 unspecified atom stereocenters. The average molecular weight is 428 g/mol. The van der Waals surface area contributed by atoms with E-state index in [2.05, 4.69) is 15.1 Å². The molecule has 0 bridgehead atoms. The number of amides is 2. The molecule has 4 heterocycles. The summed E-state index contributed by atoms with van der Waals surface area (Å²) in [6.07, 6.45) is 6.52. The Hall–Kier alpha value is -2.85. The van der Waals surface area contributed by atoms with Gasteiger partial charge < -0.3 is 24.8 Å². The van der Waals surface area contributed by atoms with E-state index in [-0.39, 0.29) is 30.6 Å². The van der Waals surface area contributed by atoms with Crippen molar-refractivity contribution in [1.29, 1.82) is 0 Å². The molecular weight excluding hydrogens is 400 g/mol. The molecule has 0 spiro atoms. The molecule has 166 valence electrons. The highest BCUT2D eigenvalue weighted by Gasteiger charge is 2.31. The van der Waals surface area contributed by atoms with Crippen molar-refractivity contribution in [2.24, 2.45) is 5.73 Å². The third-order valence-corrected chi connectivity index (χ3v) is 5.98. The van der Waals surface area contributed by atoms with Crippen LogP contribution in [0.4, 0.5) is 0 Å². The highest BCUT2D eigenvalue weighted by Crippen LogP contribution is 2.27. The Morgan fingerprint density at radius 3 is 2.35 bits per heavy atom. The molecule has 4 rings (SSSR count). The molecule has 0 radical (unpaired) electrons. The van der Waals surface area contributed by atoms with E-state index in [9.17, 15) is 9.59 Å². The van der Waals surface area contributed by atoms with Gasteiger partial charge in [-0.1, -0.05) is 5.16 Å². The smallest absolute Gasteiger partial charge is 0.259 e. The lowest BCUT2D eigenvalue weighted by Crippen LogP contribution is -2.46. The van der Waals surface area contributed by atoms with Crippen LogP contribution in [0, 0.1) is 6.92 Å². The van der Waals surface area contributed by atoms with Crippen molar-refractivity contribution in [1.82, 2.24) is 24.9 Å². The van der Waals surface area contributed by atoms with E-state index in [0.717, 1.165) is 25.7 Å². The van der Waals surface area contributed by atoms with E-state index in [1.54, 1.807) is 24.1 Å². The fourth-order valence-corrected chi connectivity index (χ4v) is 4.23. The van der Waals surface area contributed by atoms with Gasteiger partial charge in [-0.2, -0.15) is 0 Å². The normalized spacial score (nSPS) is 18.4. The van der Waals surface area contributed by atoms with Crippen molar-refractivity contribution in [3.63, 3.8) is 0 Å². The summed E-state index contributed by atoms with van der Waals surface area (Å²) in [5, 5.41) is 4.05. The predicted octanol–water partition coefficient (Wildman–Crippen LogP) is 1.01. The molecule has 10 nitrogen and oxygen atoms in total. The van der Waals surface area contributed by atoms with Crippen LogP contribution in [-0.4, -0.2) is 81.7 Å². The number of aromatic nitrogens is 3. The first-order valence-corrected chi connectivity index (χ1v) is 10.7. The number of ether oxygens (including phenoxy) is 1. The van der Waals surface area contributed by atoms with Gasteiger partial charge in [-0.15, -0.1) is 0 Å². The summed E-state index contributed by atoms with van der Waals surface area (Å²) in [5.74, 6) is 0.380. The second-order valence-electron chi connectivity index (χ2n) is 7.97. The zero-order valence-electron chi connectivity index (χ0n) is 17.7. The van der Waals surface area contributed by atoms with E-state index < -0.39 is 0 Å². The van der Waals surface area contributed by atoms with Gasteiger partial charge in [0.1, 0.15) is 23.3 Å². The summed E-state index contributed by atoms with van der Waals surface area (Å²) in [7, 11) is 0. The van der Waals surface area contributed by atoms with Crippen molar-refractivity contribution in [2.75, 3.05) is 32.7 Å². The zero-order chi connectivity index (χ0) is 21.8. The van der Waals surface area contributed by atoms with Gasteiger partial charge in [-0.05, 0) is 38.7 Å². The molecule has 2 fully saturated rings. The maximum atomic E-state index is 13.2. The monoisotopic (exact) mass is 428 g/mol. The quantitative estimate of drug-likeness (QED) is 0.747. The molecule has 2 aliphatic rings. The summed E-state index contributed by atoms with van der Waals surface area (Å²) in [6.45, 7) is 4.40.